The van der Waals surface area contributed by atoms with Gasteiger partial charge in [0.05, 0.1) is 8.80 Å². The third kappa shape index (κ3) is 1.32. The van der Waals surface area contributed by atoms with E-state index in [2.05, 4.69) is 5.70 Å². The van der Waals surface area contributed by atoms with Gasteiger partial charge < -0.3 is 0 Å². The Balaban J connectivity index is 2.14. The smallest absolute Gasteiger partial charge is 0.0626 e. The lowest BCUT2D eigenvalue weighted by atomic mass is 10.5. The van der Waals surface area contributed by atoms with Crippen LogP contribution in [0.15, 0.2) is 11.2 Å². The minimum Gasteiger partial charge on any atom is -0.0937 e. The lowest BCUT2D eigenvalue weighted by molar-refractivity contribution is 0.950. The molecule has 1 rings (SSSR count). The second-order valence-electron chi connectivity index (χ2n) is 2.01. The SMILES string of the molecule is ClC=C[SiH]1CCC1. The van der Waals surface area contributed by atoms with Gasteiger partial charge in [-0.25, -0.2) is 0 Å². The third-order valence-electron chi connectivity index (χ3n) is 1.49. The summed E-state index contributed by atoms with van der Waals surface area (Å²) in [5.74, 6) is 0. The van der Waals surface area contributed by atoms with Gasteiger partial charge in [0.15, 0.2) is 0 Å². The van der Waals surface area contributed by atoms with Crippen molar-refractivity contribution >= 4 is 20.4 Å². The van der Waals surface area contributed by atoms with Crippen LogP contribution in [-0.2, 0) is 0 Å². The van der Waals surface area contributed by atoms with E-state index in [0.717, 1.165) is 0 Å². The van der Waals surface area contributed by atoms with Crippen molar-refractivity contribution in [3.05, 3.63) is 11.2 Å². The van der Waals surface area contributed by atoms with Crippen LogP contribution in [0.5, 0.6) is 0 Å². The summed E-state index contributed by atoms with van der Waals surface area (Å²) in [6.07, 6.45) is 1.46. The van der Waals surface area contributed by atoms with Gasteiger partial charge >= 0.3 is 0 Å². The van der Waals surface area contributed by atoms with E-state index in [9.17, 15) is 0 Å². The van der Waals surface area contributed by atoms with Crippen molar-refractivity contribution in [1.82, 2.24) is 0 Å². The molecule has 1 saturated heterocycles. The van der Waals surface area contributed by atoms with Crippen LogP contribution >= 0.6 is 11.6 Å². The second kappa shape index (κ2) is 2.53. The molecular weight excluding hydrogens is 124 g/mol. The van der Waals surface area contributed by atoms with E-state index in [1.165, 1.54) is 18.5 Å². The monoisotopic (exact) mass is 132 g/mol. The van der Waals surface area contributed by atoms with Crippen LogP contribution in [0, 0.1) is 0 Å². The van der Waals surface area contributed by atoms with Gasteiger partial charge in [0, 0.05) is 0 Å². The highest BCUT2D eigenvalue weighted by molar-refractivity contribution is 6.67. The van der Waals surface area contributed by atoms with Crippen molar-refractivity contribution in [3.8, 4) is 0 Å². The third-order valence-corrected chi connectivity index (χ3v) is 4.92. The number of halogens is 1. The Labute approximate surface area is 50.8 Å². The molecule has 1 heterocycles. The number of hydrogen-bond donors (Lipinski definition) is 0. The molecule has 1 aliphatic rings. The molecule has 0 bridgehead atoms. The van der Waals surface area contributed by atoms with Gasteiger partial charge in [-0.15, -0.1) is 0 Å². The normalized spacial score (nSPS) is 23.0. The standard InChI is InChI=1S/C5H9ClSi/c6-2-5-7-3-1-4-7/h2,5,7H,1,3-4H2. The maximum Gasteiger partial charge on any atom is 0.0626 e. The van der Waals surface area contributed by atoms with Crippen LogP contribution in [0.4, 0.5) is 0 Å². The molecule has 0 amide bonds. The predicted molar refractivity (Wildman–Crippen MR) is 36.4 cm³/mol. The van der Waals surface area contributed by atoms with E-state index in [0.29, 0.717) is 0 Å². The summed E-state index contributed by atoms with van der Waals surface area (Å²) in [5.41, 5.74) is 3.90. The Hall–Kier alpha value is 0.247. The molecule has 0 unspecified atom stereocenters. The van der Waals surface area contributed by atoms with Crippen LogP contribution in [0.1, 0.15) is 6.42 Å². The molecule has 40 valence electrons. The highest BCUT2D eigenvalue weighted by atomic mass is 35.5. The van der Waals surface area contributed by atoms with Crippen LogP contribution < -0.4 is 0 Å². The first-order valence-electron chi connectivity index (χ1n) is 2.70. The zero-order valence-electron chi connectivity index (χ0n) is 4.23. The summed E-state index contributed by atoms with van der Waals surface area (Å²) >= 11 is 5.36. The van der Waals surface area contributed by atoms with Crippen LogP contribution in [0.3, 0.4) is 0 Å². The predicted octanol–water partition coefficient (Wildman–Crippen LogP) is 1.91. The van der Waals surface area contributed by atoms with Crippen molar-refractivity contribution in [2.45, 2.75) is 18.5 Å². The Morgan fingerprint density at radius 1 is 1.43 bits per heavy atom. The Kier molecular flexibility index (Phi) is 1.95. The van der Waals surface area contributed by atoms with Crippen molar-refractivity contribution in [3.63, 3.8) is 0 Å². The van der Waals surface area contributed by atoms with E-state index in [1.807, 2.05) is 0 Å². The molecule has 1 aliphatic heterocycles. The quantitative estimate of drug-likeness (QED) is 0.479. The summed E-state index contributed by atoms with van der Waals surface area (Å²) in [5, 5.41) is 0. The molecule has 0 nitrogen and oxygen atoms in total. The molecule has 0 spiro atoms. The molecule has 0 radical (unpaired) electrons. The van der Waals surface area contributed by atoms with Gasteiger partial charge in [0.1, 0.15) is 0 Å². The molecule has 2 heteroatoms. The number of rotatable bonds is 1. The molecule has 0 N–H and O–H groups in total. The summed E-state index contributed by atoms with van der Waals surface area (Å²) < 4.78 is 0. The van der Waals surface area contributed by atoms with Crippen LogP contribution in [0.25, 0.3) is 0 Å². The van der Waals surface area contributed by atoms with Gasteiger partial charge in [0.2, 0.25) is 0 Å². The van der Waals surface area contributed by atoms with Crippen molar-refractivity contribution in [2.75, 3.05) is 0 Å². The molecule has 0 aromatic heterocycles. The minimum absolute atomic E-state index is 0.313. The second-order valence-corrected chi connectivity index (χ2v) is 5.32. The van der Waals surface area contributed by atoms with E-state index < -0.39 is 0 Å². The molecule has 7 heavy (non-hydrogen) atoms. The Morgan fingerprint density at radius 2 is 2.14 bits per heavy atom. The maximum absolute atomic E-state index is 5.36. The van der Waals surface area contributed by atoms with Crippen molar-refractivity contribution in [2.24, 2.45) is 0 Å². The van der Waals surface area contributed by atoms with Crippen molar-refractivity contribution < 1.29 is 0 Å². The van der Waals surface area contributed by atoms with Crippen LogP contribution in [0.2, 0.25) is 12.1 Å². The van der Waals surface area contributed by atoms with Crippen LogP contribution in [-0.4, -0.2) is 8.80 Å². The van der Waals surface area contributed by atoms with E-state index >= 15 is 0 Å². The van der Waals surface area contributed by atoms with E-state index in [1.54, 1.807) is 5.54 Å². The summed E-state index contributed by atoms with van der Waals surface area (Å²) in [4.78, 5) is 0. The highest BCUT2D eigenvalue weighted by Crippen LogP contribution is 2.20. The zero-order chi connectivity index (χ0) is 5.11. The van der Waals surface area contributed by atoms with E-state index in [4.69, 9.17) is 11.6 Å². The minimum atomic E-state index is -0.313. The highest BCUT2D eigenvalue weighted by Gasteiger charge is 2.14. The summed E-state index contributed by atoms with van der Waals surface area (Å²) in [7, 11) is -0.313. The van der Waals surface area contributed by atoms with Gasteiger partial charge in [-0.3, -0.25) is 0 Å². The first-order chi connectivity index (χ1) is 3.43. The van der Waals surface area contributed by atoms with Crippen molar-refractivity contribution in [1.29, 1.82) is 0 Å². The Morgan fingerprint density at radius 3 is 2.29 bits per heavy atom. The molecular formula is C5H9ClSi. The first kappa shape index (κ1) is 5.38. The lowest BCUT2D eigenvalue weighted by Gasteiger charge is -2.18. The summed E-state index contributed by atoms with van der Waals surface area (Å²) in [6.45, 7) is 0. The van der Waals surface area contributed by atoms with Gasteiger partial charge in [-0.2, -0.15) is 0 Å². The van der Waals surface area contributed by atoms with Gasteiger partial charge in [0.25, 0.3) is 0 Å². The molecule has 0 aliphatic carbocycles. The average Bonchev–Trinajstić information content (AvgIpc) is 1.55. The molecule has 0 saturated carbocycles. The fourth-order valence-corrected chi connectivity index (χ4v) is 2.82. The Bertz CT molecular complexity index is 76.1. The maximum atomic E-state index is 5.36. The summed E-state index contributed by atoms with van der Waals surface area (Å²) in [6, 6.07) is 2.98. The first-order valence-corrected chi connectivity index (χ1v) is 5.44. The molecule has 1 fully saturated rings. The molecule has 0 aromatic carbocycles. The number of hydrogen-bond acceptors (Lipinski definition) is 0. The fraction of sp³-hybridized carbons (Fsp3) is 0.600. The average molecular weight is 133 g/mol. The van der Waals surface area contributed by atoms with Gasteiger partial charge in [-0.05, 0) is 5.54 Å². The van der Waals surface area contributed by atoms with Gasteiger partial charge in [-0.1, -0.05) is 35.8 Å². The molecule has 0 atom stereocenters. The topological polar surface area (TPSA) is 0 Å². The molecule has 0 aromatic rings. The fourth-order valence-electron chi connectivity index (χ4n) is 0.735. The lowest BCUT2D eigenvalue weighted by Crippen LogP contribution is -2.17. The van der Waals surface area contributed by atoms with E-state index in [-0.39, 0.29) is 8.80 Å². The largest absolute Gasteiger partial charge is 0.0937 e. The zero-order valence-corrected chi connectivity index (χ0v) is 6.14.